The molecule has 96 valence electrons. The summed E-state index contributed by atoms with van der Waals surface area (Å²) < 4.78 is 0. The molecule has 2 aromatic carbocycles. The first-order chi connectivity index (χ1) is 9.27. The maximum absolute atomic E-state index is 11.1. The molecular weight excluding hydrogens is 236 g/mol. The predicted octanol–water partition coefficient (Wildman–Crippen LogP) is 3.54. The Balaban J connectivity index is 1.96. The lowest BCUT2D eigenvalue weighted by Crippen LogP contribution is -2.08. The smallest absolute Gasteiger partial charge is 0.306 e. The van der Waals surface area contributed by atoms with Gasteiger partial charge in [-0.25, -0.2) is 0 Å². The van der Waals surface area contributed by atoms with E-state index >= 15 is 0 Å². The van der Waals surface area contributed by atoms with E-state index in [0.717, 1.165) is 6.42 Å². The lowest BCUT2D eigenvalue weighted by molar-refractivity contribution is -0.138. The molecule has 3 rings (SSSR count). The van der Waals surface area contributed by atoms with Gasteiger partial charge in [0.2, 0.25) is 0 Å². The molecule has 2 heteroatoms. The normalized spacial score (nSPS) is 21.3. The van der Waals surface area contributed by atoms with Gasteiger partial charge >= 0.3 is 5.97 Å². The van der Waals surface area contributed by atoms with Crippen LogP contribution in [0.2, 0.25) is 0 Å². The van der Waals surface area contributed by atoms with Crippen molar-refractivity contribution < 1.29 is 9.90 Å². The SMILES string of the molecule is O=C(O)C1CC1C(c1ccccc1)c1ccccc1. The summed E-state index contributed by atoms with van der Waals surface area (Å²) in [5.41, 5.74) is 2.42. The van der Waals surface area contributed by atoms with Crippen molar-refractivity contribution in [1.29, 1.82) is 0 Å². The van der Waals surface area contributed by atoms with Crippen molar-refractivity contribution in [3.05, 3.63) is 71.8 Å². The van der Waals surface area contributed by atoms with Gasteiger partial charge in [-0.3, -0.25) is 4.79 Å². The van der Waals surface area contributed by atoms with Crippen LogP contribution in [0.5, 0.6) is 0 Å². The quantitative estimate of drug-likeness (QED) is 0.903. The fraction of sp³-hybridized carbons (Fsp3) is 0.235. The molecule has 2 aromatic rings. The number of hydrogen-bond donors (Lipinski definition) is 1. The third kappa shape index (κ3) is 2.39. The van der Waals surface area contributed by atoms with Crippen LogP contribution in [0.25, 0.3) is 0 Å². The second-order valence-corrected chi connectivity index (χ2v) is 5.14. The molecule has 2 nitrogen and oxygen atoms in total. The summed E-state index contributed by atoms with van der Waals surface area (Å²) >= 11 is 0. The largest absolute Gasteiger partial charge is 0.481 e. The van der Waals surface area contributed by atoms with Gasteiger partial charge in [0.05, 0.1) is 5.92 Å². The molecule has 0 aromatic heterocycles. The molecule has 1 fully saturated rings. The molecule has 0 spiro atoms. The Morgan fingerprint density at radius 3 is 1.79 bits per heavy atom. The molecular formula is C17H16O2. The Bertz CT molecular complexity index is 523. The van der Waals surface area contributed by atoms with Crippen molar-refractivity contribution in [2.75, 3.05) is 0 Å². The molecule has 2 unspecified atom stereocenters. The van der Waals surface area contributed by atoms with Crippen molar-refractivity contribution in [1.82, 2.24) is 0 Å². The summed E-state index contributed by atoms with van der Waals surface area (Å²) in [4.78, 5) is 11.1. The van der Waals surface area contributed by atoms with Crippen molar-refractivity contribution in [3.63, 3.8) is 0 Å². The fourth-order valence-corrected chi connectivity index (χ4v) is 2.87. The molecule has 1 aliphatic rings. The fourth-order valence-electron chi connectivity index (χ4n) is 2.87. The molecule has 2 atom stereocenters. The number of hydrogen-bond acceptors (Lipinski definition) is 1. The summed E-state index contributed by atoms with van der Waals surface area (Å²) in [6, 6.07) is 20.4. The van der Waals surface area contributed by atoms with E-state index in [1.165, 1.54) is 11.1 Å². The van der Waals surface area contributed by atoms with Crippen LogP contribution >= 0.6 is 0 Å². The summed E-state index contributed by atoms with van der Waals surface area (Å²) in [6.45, 7) is 0. The van der Waals surface area contributed by atoms with Gasteiger partial charge in [0.1, 0.15) is 0 Å². The predicted molar refractivity (Wildman–Crippen MR) is 74.0 cm³/mol. The summed E-state index contributed by atoms with van der Waals surface area (Å²) in [6.07, 6.45) is 0.782. The van der Waals surface area contributed by atoms with E-state index < -0.39 is 5.97 Å². The van der Waals surface area contributed by atoms with Crippen LogP contribution < -0.4 is 0 Å². The maximum Gasteiger partial charge on any atom is 0.306 e. The van der Waals surface area contributed by atoms with Crippen LogP contribution in [0.3, 0.4) is 0 Å². The molecule has 19 heavy (non-hydrogen) atoms. The average Bonchev–Trinajstić information content (AvgIpc) is 3.22. The highest BCUT2D eigenvalue weighted by atomic mass is 16.4. The Kier molecular flexibility index (Phi) is 3.08. The van der Waals surface area contributed by atoms with Gasteiger partial charge in [-0.15, -0.1) is 0 Å². The van der Waals surface area contributed by atoms with Crippen LogP contribution in [0.15, 0.2) is 60.7 Å². The Morgan fingerprint density at radius 2 is 1.42 bits per heavy atom. The minimum Gasteiger partial charge on any atom is -0.481 e. The van der Waals surface area contributed by atoms with Crippen LogP contribution in [0.4, 0.5) is 0 Å². The number of benzene rings is 2. The van der Waals surface area contributed by atoms with E-state index in [-0.39, 0.29) is 17.8 Å². The highest BCUT2D eigenvalue weighted by Crippen LogP contribution is 2.51. The van der Waals surface area contributed by atoms with E-state index in [9.17, 15) is 4.79 Å². The first-order valence-corrected chi connectivity index (χ1v) is 6.60. The maximum atomic E-state index is 11.1. The van der Waals surface area contributed by atoms with Crippen molar-refractivity contribution in [3.8, 4) is 0 Å². The Labute approximate surface area is 112 Å². The van der Waals surface area contributed by atoms with Gasteiger partial charge in [0.25, 0.3) is 0 Å². The minimum atomic E-state index is -0.665. The molecule has 0 heterocycles. The van der Waals surface area contributed by atoms with Gasteiger partial charge in [-0.1, -0.05) is 60.7 Å². The summed E-state index contributed by atoms with van der Waals surface area (Å²) in [5.74, 6) is -0.432. The number of rotatable bonds is 4. The zero-order valence-electron chi connectivity index (χ0n) is 10.6. The molecule has 0 saturated heterocycles. The molecule has 0 radical (unpaired) electrons. The van der Waals surface area contributed by atoms with E-state index in [0.29, 0.717) is 0 Å². The lowest BCUT2D eigenvalue weighted by Gasteiger charge is -2.17. The van der Waals surface area contributed by atoms with E-state index in [1.54, 1.807) is 0 Å². The highest BCUT2D eigenvalue weighted by molar-refractivity contribution is 5.74. The summed E-state index contributed by atoms with van der Waals surface area (Å²) in [7, 11) is 0. The standard InChI is InChI=1S/C17H16O2/c18-17(19)15-11-14(15)16(12-7-3-1-4-8-12)13-9-5-2-6-10-13/h1-10,14-16H,11H2,(H,18,19). The van der Waals surface area contributed by atoms with Gasteiger partial charge < -0.3 is 5.11 Å². The molecule has 0 bridgehead atoms. The second kappa shape index (κ2) is 4.88. The molecule has 1 aliphatic carbocycles. The number of carboxylic acids is 1. The first-order valence-electron chi connectivity index (χ1n) is 6.60. The van der Waals surface area contributed by atoms with Crippen LogP contribution in [0.1, 0.15) is 23.5 Å². The van der Waals surface area contributed by atoms with E-state index in [2.05, 4.69) is 24.3 Å². The van der Waals surface area contributed by atoms with Crippen molar-refractivity contribution >= 4 is 5.97 Å². The van der Waals surface area contributed by atoms with Gasteiger partial charge in [0, 0.05) is 5.92 Å². The number of carbonyl (C=O) groups is 1. The topological polar surface area (TPSA) is 37.3 Å². The Hall–Kier alpha value is -2.09. The molecule has 0 aliphatic heterocycles. The molecule has 0 amide bonds. The van der Waals surface area contributed by atoms with Crippen LogP contribution in [0, 0.1) is 11.8 Å². The van der Waals surface area contributed by atoms with Crippen LogP contribution in [-0.2, 0) is 4.79 Å². The van der Waals surface area contributed by atoms with Gasteiger partial charge in [-0.05, 0) is 23.5 Å². The molecule has 1 N–H and O–H groups in total. The highest BCUT2D eigenvalue weighted by Gasteiger charge is 2.48. The van der Waals surface area contributed by atoms with Crippen molar-refractivity contribution in [2.45, 2.75) is 12.3 Å². The van der Waals surface area contributed by atoms with Crippen molar-refractivity contribution in [2.24, 2.45) is 11.8 Å². The van der Waals surface area contributed by atoms with Crippen LogP contribution in [-0.4, -0.2) is 11.1 Å². The average molecular weight is 252 g/mol. The second-order valence-electron chi connectivity index (χ2n) is 5.14. The number of aliphatic carboxylic acids is 1. The van der Waals surface area contributed by atoms with E-state index in [4.69, 9.17) is 5.11 Å². The zero-order chi connectivity index (χ0) is 13.2. The van der Waals surface area contributed by atoms with Gasteiger partial charge in [0.15, 0.2) is 0 Å². The first kappa shape index (κ1) is 12.0. The zero-order valence-corrected chi connectivity index (χ0v) is 10.6. The summed E-state index contributed by atoms with van der Waals surface area (Å²) in [5, 5.41) is 9.17. The third-order valence-corrected chi connectivity index (χ3v) is 3.90. The molecule has 1 saturated carbocycles. The third-order valence-electron chi connectivity index (χ3n) is 3.90. The lowest BCUT2D eigenvalue weighted by atomic mass is 9.86. The monoisotopic (exact) mass is 252 g/mol. The minimum absolute atomic E-state index is 0.189. The van der Waals surface area contributed by atoms with Gasteiger partial charge in [-0.2, -0.15) is 0 Å². The van der Waals surface area contributed by atoms with E-state index in [1.807, 2.05) is 36.4 Å². The number of carboxylic acid groups (broad SMARTS) is 1. The Morgan fingerprint density at radius 1 is 0.947 bits per heavy atom.